The van der Waals surface area contributed by atoms with Gasteiger partial charge in [0.05, 0.1) is 17.0 Å². The Morgan fingerprint density at radius 1 is 1.06 bits per heavy atom. The van der Waals surface area contributed by atoms with Crippen LogP contribution in [0.25, 0.3) is 11.3 Å². The first-order valence-electron chi connectivity index (χ1n) is 12.1. The molecule has 2 fully saturated rings. The molecule has 0 amide bonds. The van der Waals surface area contributed by atoms with Crippen LogP contribution in [-0.2, 0) is 5.41 Å². The molecule has 5 nitrogen and oxygen atoms in total. The van der Waals surface area contributed by atoms with E-state index in [9.17, 15) is 13.6 Å². The van der Waals surface area contributed by atoms with Gasteiger partial charge in [0.15, 0.2) is 0 Å². The van der Waals surface area contributed by atoms with Crippen LogP contribution in [0.15, 0.2) is 47.3 Å². The lowest BCUT2D eigenvalue weighted by Crippen LogP contribution is -2.50. The predicted molar refractivity (Wildman–Crippen MR) is 127 cm³/mol. The van der Waals surface area contributed by atoms with Gasteiger partial charge in [0.25, 0.3) is 0 Å². The highest BCUT2D eigenvalue weighted by Gasteiger charge is 2.66. The molecule has 3 aliphatic rings. The summed E-state index contributed by atoms with van der Waals surface area (Å²) in [7, 11) is 0. The summed E-state index contributed by atoms with van der Waals surface area (Å²) in [5, 5.41) is 9.06. The van der Waals surface area contributed by atoms with E-state index in [1.165, 1.54) is 24.3 Å². The number of nitrogens with zero attached hydrogens (tertiary/aromatic N) is 3. The Labute approximate surface area is 197 Å². The van der Waals surface area contributed by atoms with Crippen molar-refractivity contribution in [2.45, 2.75) is 50.9 Å². The van der Waals surface area contributed by atoms with Crippen LogP contribution in [0.3, 0.4) is 0 Å². The second-order valence-electron chi connectivity index (χ2n) is 10.6. The van der Waals surface area contributed by atoms with Gasteiger partial charge in [-0.15, -0.1) is 0 Å². The van der Waals surface area contributed by atoms with Crippen molar-refractivity contribution in [3.05, 3.63) is 75.7 Å². The first kappa shape index (κ1) is 21.4. The molecular formula is C27H28F2N4O. The largest absolute Gasteiger partial charge is 0.358 e. The van der Waals surface area contributed by atoms with E-state index in [-0.39, 0.29) is 33.6 Å². The van der Waals surface area contributed by atoms with Crippen LogP contribution in [0.2, 0.25) is 0 Å². The summed E-state index contributed by atoms with van der Waals surface area (Å²) in [6, 6.07) is 11.1. The summed E-state index contributed by atoms with van der Waals surface area (Å²) in [6.07, 6.45) is 4.17. The van der Waals surface area contributed by atoms with Crippen molar-refractivity contribution >= 4 is 5.82 Å². The third-order valence-electron chi connectivity index (χ3n) is 8.90. The highest BCUT2D eigenvalue weighted by molar-refractivity contribution is 5.63. The molecule has 7 heteroatoms. The zero-order valence-electron chi connectivity index (χ0n) is 19.4. The third-order valence-corrected chi connectivity index (χ3v) is 8.90. The molecule has 0 unspecified atom stereocenters. The Morgan fingerprint density at radius 2 is 1.82 bits per heavy atom. The fourth-order valence-electron chi connectivity index (χ4n) is 7.36. The minimum Gasteiger partial charge on any atom is -0.358 e. The molecule has 3 aromatic rings. The number of anilines is 1. The van der Waals surface area contributed by atoms with E-state index in [1.807, 2.05) is 12.1 Å². The number of benzene rings is 1. The fourth-order valence-corrected chi connectivity index (χ4v) is 7.36. The maximum absolute atomic E-state index is 14.5. The van der Waals surface area contributed by atoms with Crippen LogP contribution in [0.1, 0.15) is 56.7 Å². The first-order valence-corrected chi connectivity index (χ1v) is 12.1. The van der Waals surface area contributed by atoms with Gasteiger partial charge < -0.3 is 9.88 Å². The Bertz CT molecular complexity index is 1320. The van der Waals surface area contributed by atoms with E-state index in [0.717, 1.165) is 55.8 Å². The quantitative estimate of drug-likeness (QED) is 0.583. The standard InChI is InChI=1S/C27H28F2N4O/c1-26(2)18-11-12-27(26,16-6-5-13-33(15-16)22-9-4-10-23(34)30-22)25-17(18)14-21(31-32-25)24-19(28)7-3-8-20(24)29/h3-4,7-10,14,16,18H,5-6,11-13,15H2,1-2H3,(H,30,34)/t16-,18-,27-/m0/s1. The molecule has 176 valence electrons. The average Bonchev–Trinajstić information content (AvgIpc) is 3.20. The van der Waals surface area contributed by atoms with E-state index >= 15 is 0 Å². The van der Waals surface area contributed by atoms with Crippen LogP contribution in [0, 0.1) is 23.0 Å². The molecule has 1 saturated heterocycles. The number of piperidine rings is 1. The SMILES string of the molecule is CC1(C)[C@H]2CC[C@]1([C@H]1CCCN(c3cccc(=O)[nH]3)C1)c1nnc(-c3c(F)cccc3F)cc12. The van der Waals surface area contributed by atoms with Gasteiger partial charge in [0, 0.05) is 24.6 Å². The van der Waals surface area contributed by atoms with Gasteiger partial charge in [0.1, 0.15) is 17.5 Å². The van der Waals surface area contributed by atoms with Gasteiger partial charge in [-0.3, -0.25) is 4.79 Å². The monoisotopic (exact) mass is 462 g/mol. The van der Waals surface area contributed by atoms with Gasteiger partial charge in [-0.05, 0) is 72.8 Å². The lowest BCUT2D eigenvalue weighted by molar-refractivity contribution is 0.112. The maximum Gasteiger partial charge on any atom is 0.249 e. The van der Waals surface area contributed by atoms with Crippen LogP contribution in [0.5, 0.6) is 0 Å². The van der Waals surface area contributed by atoms with Crippen molar-refractivity contribution in [1.82, 2.24) is 15.2 Å². The number of fused-ring (bicyclic) bond motifs is 5. The zero-order valence-corrected chi connectivity index (χ0v) is 19.4. The number of aromatic amines is 1. The van der Waals surface area contributed by atoms with Gasteiger partial charge in [-0.2, -0.15) is 10.2 Å². The molecule has 0 spiro atoms. The molecular weight excluding hydrogens is 434 g/mol. The Balaban J connectivity index is 1.42. The van der Waals surface area contributed by atoms with E-state index < -0.39 is 11.6 Å². The summed E-state index contributed by atoms with van der Waals surface area (Å²) in [5.74, 6) is 0.239. The third kappa shape index (κ3) is 2.85. The van der Waals surface area contributed by atoms with Gasteiger partial charge >= 0.3 is 0 Å². The number of nitrogens with one attached hydrogen (secondary N) is 1. The molecule has 1 N–H and O–H groups in total. The van der Waals surface area contributed by atoms with E-state index in [4.69, 9.17) is 5.10 Å². The second kappa shape index (κ2) is 7.45. The molecule has 6 rings (SSSR count). The van der Waals surface area contributed by atoms with Crippen molar-refractivity contribution < 1.29 is 8.78 Å². The summed E-state index contributed by atoms with van der Waals surface area (Å²) in [4.78, 5) is 17.2. The number of hydrogen-bond donors (Lipinski definition) is 1. The van der Waals surface area contributed by atoms with Crippen molar-refractivity contribution in [3.8, 4) is 11.3 Å². The zero-order chi connectivity index (χ0) is 23.7. The van der Waals surface area contributed by atoms with Crippen LogP contribution in [-0.4, -0.2) is 28.3 Å². The first-order chi connectivity index (χ1) is 16.3. The lowest BCUT2D eigenvalue weighted by atomic mass is 9.59. The summed E-state index contributed by atoms with van der Waals surface area (Å²) in [5.41, 5.74) is 1.96. The summed E-state index contributed by atoms with van der Waals surface area (Å²) in [6.45, 7) is 6.37. The number of pyridine rings is 1. The molecule has 1 aliphatic heterocycles. The van der Waals surface area contributed by atoms with E-state index in [1.54, 1.807) is 6.07 Å². The normalized spacial score (nSPS) is 27.1. The summed E-state index contributed by atoms with van der Waals surface area (Å²) < 4.78 is 29.0. The van der Waals surface area contributed by atoms with Crippen LogP contribution >= 0.6 is 0 Å². The van der Waals surface area contributed by atoms with Crippen molar-refractivity contribution in [2.24, 2.45) is 11.3 Å². The highest BCUT2D eigenvalue weighted by Crippen LogP contribution is 2.70. The average molecular weight is 463 g/mol. The molecule has 2 aromatic heterocycles. The predicted octanol–water partition coefficient (Wildman–Crippen LogP) is 5.18. The Hall–Kier alpha value is -3.09. The molecule has 2 aliphatic carbocycles. The summed E-state index contributed by atoms with van der Waals surface area (Å²) >= 11 is 0. The number of aromatic nitrogens is 3. The Morgan fingerprint density at radius 3 is 2.59 bits per heavy atom. The van der Waals surface area contributed by atoms with Crippen LogP contribution < -0.4 is 10.5 Å². The number of rotatable bonds is 3. The Kier molecular flexibility index (Phi) is 4.70. The van der Waals surface area contributed by atoms with E-state index in [0.29, 0.717) is 5.92 Å². The van der Waals surface area contributed by atoms with Crippen molar-refractivity contribution in [2.75, 3.05) is 18.0 Å². The van der Waals surface area contributed by atoms with Crippen LogP contribution in [0.4, 0.5) is 14.6 Å². The topological polar surface area (TPSA) is 61.9 Å². The fraction of sp³-hybridized carbons (Fsp3) is 0.444. The second-order valence-corrected chi connectivity index (χ2v) is 10.6. The van der Waals surface area contributed by atoms with Gasteiger partial charge in [0.2, 0.25) is 5.56 Å². The molecule has 1 aromatic carbocycles. The van der Waals surface area contributed by atoms with Gasteiger partial charge in [-0.25, -0.2) is 8.78 Å². The molecule has 3 atom stereocenters. The lowest BCUT2D eigenvalue weighted by Gasteiger charge is -2.48. The molecule has 3 heterocycles. The van der Waals surface area contributed by atoms with E-state index in [2.05, 4.69) is 28.8 Å². The maximum atomic E-state index is 14.5. The highest BCUT2D eigenvalue weighted by atomic mass is 19.1. The number of hydrogen-bond acceptors (Lipinski definition) is 4. The van der Waals surface area contributed by atoms with Crippen molar-refractivity contribution in [3.63, 3.8) is 0 Å². The molecule has 0 radical (unpaired) electrons. The molecule has 2 bridgehead atoms. The molecule has 34 heavy (non-hydrogen) atoms. The van der Waals surface area contributed by atoms with Gasteiger partial charge in [-0.1, -0.05) is 26.0 Å². The molecule has 1 saturated carbocycles. The number of halogens is 2. The van der Waals surface area contributed by atoms with Crippen molar-refractivity contribution in [1.29, 1.82) is 0 Å². The minimum absolute atomic E-state index is 0.0474. The smallest absolute Gasteiger partial charge is 0.249 e. The number of H-pyrrole nitrogens is 1. The minimum atomic E-state index is -0.619.